The van der Waals surface area contributed by atoms with Gasteiger partial charge in [-0.15, -0.1) is 0 Å². The molecule has 0 aliphatic carbocycles. The summed E-state index contributed by atoms with van der Waals surface area (Å²) in [4.78, 5) is 6.25. The maximum Gasteiger partial charge on any atom is 0.218 e. The molecular formula is C19H23ClN4OS. The van der Waals surface area contributed by atoms with Gasteiger partial charge in [0.2, 0.25) is 5.06 Å². The van der Waals surface area contributed by atoms with Crippen molar-refractivity contribution >= 4 is 35.2 Å². The maximum absolute atomic E-state index is 9.59. The Morgan fingerprint density at radius 2 is 2.12 bits per heavy atom. The van der Waals surface area contributed by atoms with Crippen LogP contribution in [0.25, 0.3) is 0 Å². The predicted octanol–water partition coefficient (Wildman–Crippen LogP) is 5.68. The third-order valence-electron chi connectivity index (χ3n) is 4.18. The smallest absolute Gasteiger partial charge is 0.218 e. The SMILES string of the molecule is CCC(C)(C)c1nsc(Oc2cc(C)c(/N=C\N(C)C)cc2Cl)c1C#N. The second-order valence-corrected chi connectivity index (χ2v) is 8.07. The van der Waals surface area contributed by atoms with Crippen molar-refractivity contribution in [3.8, 4) is 16.9 Å². The summed E-state index contributed by atoms with van der Waals surface area (Å²) < 4.78 is 10.4. The van der Waals surface area contributed by atoms with Crippen molar-refractivity contribution in [2.75, 3.05) is 14.1 Å². The lowest BCUT2D eigenvalue weighted by atomic mass is 9.84. The number of nitrogens with zero attached hydrogens (tertiary/aromatic N) is 4. The van der Waals surface area contributed by atoms with E-state index < -0.39 is 0 Å². The van der Waals surface area contributed by atoms with Gasteiger partial charge in [0, 0.05) is 31.0 Å². The Morgan fingerprint density at radius 3 is 2.69 bits per heavy atom. The van der Waals surface area contributed by atoms with Gasteiger partial charge in [-0.2, -0.15) is 9.64 Å². The molecule has 0 radical (unpaired) electrons. The summed E-state index contributed by atoms with van der Waals surface area (Å²) in [5, 5.41) is 10.5. The van der Waals surface area contributed by atoms with Crippen LogP contribution >= 0.6 is 23.1 Å². The molecule has 0 fully saturated rings. The third-order valence-corrected chi connectivity index (χ3v) is 5.20. The number of aryl methyl sites for hydroxylation is 1. The number of rotatable bonds is 6. The normalized spacial score (nSPS) is 11.6. The van der Waals surface area contributed by atoms with Crippen molar-refractivity contribution in [3.63, 3.8) is 0 Å². The van der Waals surface area contributed by atoms with Crippen LogP contribution in [0, 0.1) is 18.3 Å². The Morgan fingerprint density at radius 1 is 1.42 bits per heavy atom. The van der Waals surface area contributed by atoms with E-state index in [0.717, 1.165) is 23.4 Å². The first kappa shape index (κ1) is 20.2. The summed E-state index contributed by atoms with van der Waals surface area (Å²) >= 11 is 7.56. The molecule has 0 saturated heterocycles. The number of hydrogen-bond donors (Lipinski definition) is 0. The molecule has 0 aliphatic rings. The highest BCUT2D eigenvalue weighted by molar-refractivity contribution is 7.08. The first-order valence-electron chi connectivity index (χ1n) is 8.28. The second kappa shape index (κ2) is 8.07. The summed E-state index contributed by atoms with van der Waals surface area (Å²) in [7, 11) is 3.81. The van der Waals surface area contributed by atoms with E-state index in [-0.39, 0.29) is 5.41 Å². The molecule has 1 aromatic heterocycles. The average molecular weight is 391 g/mol. The summed E-state index contributed by atoms with van der Waals surface area (Å²) in [5.74, 6) is 0.494. The minimum absolute atomic E-state index is 0.187. The number of hydrogen-bond acceptors (Lipinski definition) is 5. The van der Waals surface area contributed by atoms with Gasteiger partial charge < -0.3 is 9.64 Å². The highest BCUT2D eigenvalue weighted by Crippen LogP contribution is 2.41. The zero-order chi connectivity index (χ0) is 19.5. The molecule has 1 aromatic carbocycles. The van der Waals surface area contributed by atoms with E-state index in [9.17, 15) is 5.26 Å². The quantitative estimate of drug-likeness (QED) is 0.470. The van der Waals surface area contributed by atoms with E-state index in [0.29, 0.717) is 21.4 Å². The molecule has 0 N–H and O–H groups in total. The molecular weight excluding hydrogens is 368 g/mol. The van der Waals surface area contributed by atoms with Gasteiger partial charge in [-0.3, -0.25) is 0 Å². The van der Waals surface area contributed by atoms with Crippen LogP contribution in [0.2, 0.25) is 5.02 Å². The number of halogens is 1. The topological polar surface area (TPSA) is 61.5 Å². The van der Waals surface area contributed by atoms with E-state index in [4.69, 9.17) is 16.3 Å². The maximum atomic E-state index is 9.59. The summed E-state index contributed by atoms with van der Waals surface area (Å²) in [6, 6.07) is 5.82. The van der Waals surface area contributed by atoms with Crippen molar-refractivity contribution in [2.24, 2.45) is 4.99 Å². The molecule has 0 atom stereocenters. The van der Waals surface area contributed by atoms with Gasteiger partial charge in [-0.05, 0) is 31.0 Å². The van der Waals surface area contributed by atoms with Crippen LogP contribution < -0.4 is 4.74 Å². The second-order valence-electron chi connectivity index (χ2n) is 6.92. The molecule has 138 valence electrons. The van der Waals surface area contributed by atoms with Crippen molar-refractivity contribution < 1.29 is 4.74 Å². The molecule has 7 heteroatoms. The highest BCUT2D eigenvalue weighted by Gasteiger charge is 2.28. The lowest BCUT2D eigenvalue weighted by Crippen LogP contribution is -2.17. The monoisotopic (exact) mass is 390 g/mol. The van der Waals surface area contributed by atoms with Gasteiger partial charge >= 0.3 is 0 Å². The first-order valence-corrected chi connectivity index (χ1v) is 9.43. The molecule has 5 nitrogen and oxygen atoms in total. The number of nitriles is 1. The fourth-order valence-electron chi connectivity index (χ4n) is 2.21. The molecule has 0 unspecified atom stereocenters. The molecule has 0 bridgehead atoms. The van der Waals surface area contributed by atoms with Crippen molar-refractivity contribution in [1.29, 1.82) is 5.26 Å². The van der Waals surface area contributed by atoms with Crippen LogP contribution in [-0.2, 0) is 5.41 Å². The third kappa shape index (κ3) is 4.35. The zero-order valence-electron chi connectivity index (χ0n) is 15.9. The molecule has 1 heterocycles. The fraction of sp³-hybridized carbons (Fsp3) is 0.421. The lowest BCUT2D eigenvalue weighted by molar-refractivity contribution is 0.479. The Labute approximate surface area is 164 Å². The first-order chi connectivity index (χ1) is 12.2. The highest BCUT2D eigenvalue weighted by atomic mass is 35.5. The Kier molecular flexibility index (Phi) is 6.27. The van der Waals surface area contributed by atoms with Gasteiger partial charge in [-0.25, -0.2) is 4.99 Å². The van der Waals surface area contributed by atoms with Crippen LogP contribution in [0.15, 0.2) is 17.1 Å². The number of benzene rings is 1. The number of ether oxygens (including phenoxy) is 1. The van der Waals surface area contributed by atoms with Crippen LogP contribution in [0.4, 0.5) is 5.69 Å². The van der Waals surface area contributed by atoms with Crippen LogP contribution in [-0.4, -0.2) is 29.7 Å². The molecule has 0 spiro atoms. The molecule has 0 saturated carbocycles. The van der Waals surface area contributed by atoms with Crippen LogP contribution in [0.1, 0.15) is 44.0 Å². The van der Waals surface area contributed by atoms with Crippen LogP contribution in [0.3, 0.4) is 0 Å². The van der Waals surface area contributed by atoms with E-state index in [1.54, 1.807) is 12.4 Å². The van der Waals surface area contributed by atoms with Gasteiger partial charge in [0.25, 0.3) is 0 Å². The van der Waals surface area contributed by atoms with Crippen molar-refractivity contribution in [2.45, 2.75) is 39.5 Å². The van der Waals surface area contributed by atoms with E-state index in [1.807, 2.05) is 32.0 Å². The standard InChI is InChI=1S/C19H23ClN4OS/c1-7-19(3,4)17-13(10-21)18(26-23-17)25-16-8-12(2)15(9-14(16)20)22-11-24(5)6/h8-9,11H,7H2,1-6H3/b22-11-. The Hall–Kier alpha value is -2.10. The van der Waals surface area contributed by atoms with E-state index in [1.165, 1.54) is 11.5 Å². The molecule has 26 heavy (non-hydrogen) atoms. The molecule has 2 rings (SSSR count). The summed E-state index contributed by atoms with van der Waals surface area (Å²) in [6.07, 6.45) is 2.60. The Bertz CT molecular complexity index is 865. The van der Waals surface area contributed by atoms with E-state index in [2.05, 4.69) is 36.2 Å². The fourth-order valence-corrected chi connectivity index (χ4v) is 3.28. The van der Waals surface area contributed by atoms with Gasteiger partial charge in [0.05, 0.1) is 22.7 Å². The Balaban J connectivity index is 2.38. The molecule has 0 aliphatic heterocycles. The molecule has 2 aromatic rings. The minimum Gasteiger partial charge on any atom is -0.442 e. The van der Waals surface area contributed by atoms with Crippen LogP contribution in [0.5, 0.6) is 10.8 Å². The van der Waals surface area contributed by atoms with E-state index >= 15 is 0 Å². The van der Waals surface area contributed by atoms with Gasteiger partial charge in [0.1, 0.15) is 17.4 Å². The lowest BCUT2D eigenvalue weighted by Gasteiger charge is -2.20. The average Bonchev–Trinajstić information content (AvgIpc) is 3.00. The van der Waals surface area contributed by atoms with Crippen molar-refractivity contribution in [3.05, 3.63) is 34.0 Å². The summed E-state index contributed by atoms with van der Waals surface area (Å²) in [5.41, 5.74) is 2.76. The largest absolute Gasteiger partial charge is 0.442 e. The number of aliphatic imine (C=N–C) groups is 1. The zero-order valence-corrected chi connectivity index (χ0v) is 17.5. The van der Waals surface area contributed by atoms with Gasteiger partial charge in [0.15, 0.2) is 0 Å². The molecule has 0 amide bonds. The van der Waals surface area contributed by atoms with Gasteiger partial charge in [-0.1, -0.05) is 32.4 Å². The minimum atomic E-state index is -0.187. The predicted molar refractivity (Wildman–Crippen MR) is 108 cm³/mol. The number of aromatic nitrogens is 1. The van der Waals surface area contributed by atoms with Crippen molar-refractivity contribution in [1.82, 2.24) is 9.27 Å². The summed E-state index contributed by atoms with van der Waals surface area (Å²) in [6.45, 7) is 8.16.